The first-order chi connectivity index (χ1) is 11.7. The Morgan fingerprint density at radius 2 is 1.88 bits per heavy atom. The SMILES string of the molecule is Cc1nnc(Nc2ccc3nnc(Cc4ccc(O)cc4)n3n2)s1. The molecule has 0 bridgehead atoms. The van der Waals surface area contributed by atoms with E-state index in [0.29, 0.717) is 28.8 Å². The second-order valence-electron chi connectivity index (χ2n) is 5.20. The molecular formula is C15H13N7OS. The summed E-state index contributed by atoms with van der Waals surface area (Å²) in [5, 5.41) is 34.9. The fourth-order valence-electron chi connectivity index (χ4n) is 2.26. The Hall–Kier alpha value is -3.07. The first-order valence-corrected chi connectivity index (χ1v) is 8.05. The maximum absolute atomic E-state index is 9.37. The highest BCUT2D eigenvalue weighted by Gasteiger charge is 2.10. The third-order valence-electron chi connectivity index (χ3n) is 3.39. The molecule has 0 amide bonds. The van der Waals surface area contributed by atoms with E-state index in [4.69, 9.17) is 0 Å². The van der Waals surface area contributed by atoms with E-state index < -0.39 is 0 Å². The third kappa shape index (κ3) is 2.88. The van der Waals surface area contributed by atoms with Gasteiger partial charge < -0.3 is 10.4 Å². The van der Waals surface area contributed by atoms with E-state index in [9.17, 15) is 5.11 Å². The van der Waals surface area contributed by atoms with E-state index in [0.717, 1.165) is 10.6 Å². The summed E-state index contributed by atoms with van der Waals surface area (Å²) in [5.74, 6) is 1.60. The minimum Gasteiger partial charge on any atom is -0.508 e. The van der Waals surface area contributed by atoms with Crippen molar-refractivity contribution < 1.29 is 5.11 Å². The lowest BCUT2D eigenvalue weighted by molar-refractivity contribution is 0.475. The summed E-state index contributed by atoms with van der Waals surface area (Å²) >= 11 is 1.46. The average Bonchev–Trinajstić information content (AvgIpc) is 3.16. The van der Waals surface area contributed by atoms with Crippen LogP contribution in [0.25, 0.3) is 5.65 Å². The van der Waals surface area contributed by atoms with Gasteiger partial charge in [0.1, 0.15) is 10.8 Å². The summed E-state index contributed by atoms with van der Waals surface area (Å²) in [7, 11) is 0. The van der Waals surface area contributed by atoms with E-state index in [1.807, 2.05) is 31.2 Å². The molecule has 120 valence electrons. The first-order valence-electron chi connectivity index (χ1n) is 7.24. The molecule has 0 aliphatic rings. The highest BCUT2D eigenvalue weighted by molar-refractivity contribution is 7.15. The smallest absolute Gasteiger partial charge is 0.211 e. The number of hydrogen-bond acceptors (Lipinski definition) is 8. The van der Waals surface area contributed by atoms with Crippen LogP contribution in [0.5, 0.6) is 5.75 Å². The summed E-state index contributed by atoms with van der Waals surface area (Å²) < 4.78 is 1.70. The Morgan fingerprint density at radius 1 is 1.04 bits per heavy atom. The molecule has 0 saturated carbocycles. The van der Waals surface area contributed by atoms with E-state index in [-0.39, 0.29) is 5.75 Å². The monoisotopic (exact) mass is 339 g/mol. The van der Waals surface area contributed by atoms with Crippen molar-refractivity contribution in [3.63, 3.8) is 0 Å². The van der Waals surface area contributed by atoms with Crippen LogP contribution in [0.2, 0.25) is 0 Å². The number of hydrogen-bond donors (Lipinski definition) is 2. The van der Waals surface area contributed by atoms with Crippen molar-refractivity contribution in [3.05, 3.63) is 52.8 Å². The second kappa shape index (κ2) is 5.85. The van der Waals surface area contributed by atoms with Gasteiger partial charge >= 0.3 is 0 Å². The minimum absolute atomic E-state index is 0.238. The van der Waals surface area contributed by atoms with Gasteiger partial charge in [0.05, 0.1) is 0 Å². The molecule has 4 aromatic rings. The summed E-state index contributed by atoms with van der Waals surface area (Å²) in [6.45, 7) is 1.90. The zero-order chi connectivity index (χ0) is 16.5. The molecule has 3 heterocycles. The van der Waals surface area contributed by atoms with Crippen LogP contribution in [0.3, 0.4) is 0 Å². The van der Waals surface area contributed by atoms with Crippen LogP contribution >= 0.6 is 11.3 Å². The zero-order valence-electron chi connectivity index (χ0n) is 12.7. The van der Waals surface area contributed by atoms with Crippen LogP contribution in [-0.4, -0.2) is 35.1 Å². The predicted octanol–water partition coefficient (Wildman–Crippen LogP) is 2.32. The lowest BCUT2D eigenvalue weighted by Crippen LogP contribution is -2.03. The molecule has 1 aromatic carbocycles. The van der Waals surface area contributed by atoms with Gasteiger partial charge in [-0.05, 0) is 36.8 Å². The van der Waals surface area contributed by atoms with Crippen molar-refractivity contribution in [1.82, 2.24) is 30.0 Å². The molecule has 0 aliphatic carbocycles. The lowest BCUT2D eigenvalue weighted by atomic mass is 10.1. The highest BCUT2D eigenvalue weighted by Crippen LogP contribution is 2.19. The normalized spacial score (nSPS) is 11.0. The van der Waals surface area contributed by atoms with Gasteiger partial charge in [-0.2, -0.15) is 4.52 Å². The van der Waals surface area contributed by atoms with Gasteiger partial charge in [0, 0.05) is 6.42 Å². The summed E-state index contributed by atoms with van der Waals surface area (Å²) in [4.78, 5) is 0. The Morgan fingerprint density at radius 3 is 2.62 bits per heavy atom. The highest BCUT2D eigenvalue weighted by atomic mass is 32.1. The molecule has 8 nitrogen and oxygen atoms in total. The van der Waals surface area contributed by atoms with Crippen molar-refractivity contribution in [2.45, 2.75) is 13.3 Å². The summed E-state index contributed by atoms with van der Waals surface area (Å²) in [6, 6.07) is 10.7. The van der Waals surface area contributed by atoms with Crippen molar-refractivity contribution >= 4 is 27.9 Å². The molecule has 0 fully saturated rings. The van der Waals surface area contributed by atoms with Crippen molar-refractivity contribution in [2.24, 2.45) is 0 Å². The summed E-state index contributed by atoms with van der Waals surface area (Å²) in [6.07, 6.45) is 0.565. The van der Waals surface area contributed by atoms with E-state index >= 15 is 0 Å². The lowest BCUT2D eigenvalue weighted by Gasteiger charge is -2.03. The average molecular weight is 339 g/mol. The molecule has 3 aromatic heterocycles. The quantitative estimate of drug-likeness (QED) is 0.588. The Bertz CT molecular complexity index is 993. The van der Waals surface area contributed by atoms with Crippen molar-refractivity contribution in [2.75, 3.05) is 5.32 Å². The number of aryl methyl sites for hydroxylation is 1. The van der Waals surface area contributed by atoms with E-state index in [1.165, 1.54) is 11.3 Å². The number of phenols is 1. The standard InChI is InChI=1S/C15H13N7OS/c1-9-17-20-15(24-9)16-12-6-7-13-18-19-14(22(13)21-12)8-10-2-4-11(23)5-3-10/h2-7,23H,8H2,1H3,(H,16,20,21). The van der Waals surface area contributed by atoms with Crippen LogP contribution in [0.1, 0.15) is 16.4 Å². The zero-order valence-corrected chi connectivity index (χ0v) is 13.5. The molecule has 0 unspecified atom stereocenters. The number of fused-ring (bicyclic) bond motifs is 1. The number of phenolic OH excluding ortho intramolecular Hbond substituents is 1. The molecule has 9 heteroatoms. The van der Waals surface area contributed by atoms with Crippen molar-refractivity contribution in [3.8, 4) is 5.75 Å². The van der Waals surface area contributed by atoms with Gasteiger partial charge in [-0.1, -0.05) is 23.5 Å². The first kappa shape index (κ1) is 14.5. The minimum atomic E-state index is 0.238. The molecule has 0 spiro atoms. The molecule has 0 radical (unpaired) electrons. The molecule has 0 aliphatic heterocycles. The molecule has 0 saturated heterocycles. The topological polar surface area (TPSA) is 101 Å². The van der Waals surface area contributed by atoms with E-state index in [2.05, 4.69) is 30.8 Å². The maximum Gasteiger partial charge on any atom is 0.211 e. The molecule has 0 atom stereocenters. The number of nitrogens with one attached hydrogen (secondary N) is 1. The fraction of sp³-hybridized carbons (Fsp3) is 0.133. The number of nitrogens with zero attached hydrogens (tertiary/aromatic N) is 6. The molecular weight excluding hydrogens is 326 g/mol. The van der Waals surface area contributed by atoms with Crippen LogP contribution < -0.4 is 5.32 Å². The molecule has 4 rings (SSSR count). The number of rotatable bonds is 4. The van der Waals surface area contributed by atoms with E-state index in [1.54, 1.807) is 16.6 Å². The molecule has 2 N–H and O–H groups in total. The maximum atomic E-state index is 9.37. The largest absolute Gasteiger partial charge is 0.508 e. The Balaban J connectivity index is 1.64. The van der Waals surface area contributed by atoms with Crippen LogP contribution in [0, 0.1) is 6.92 Å². The number of anilines is 2. The fourth-order valence-corrected chi connectivity index (χ4v) is 2.86. The summed E-state index contributed by atoms with van der Waals surface area (Å²) in [5.41, 5.74) is 1.68. The third-order valence-corrected chi connectivity index (χ3v) is 4.14. The van der Waals surface area contributed by atoms with Gasteiger partial charge in [0.25, 0.3) is 0 Å². The van der Waals surface area contributed by atoms with Crippen LogP contribution in [0.4, 0.5) is 10.9 Å². The van der Waals surface area contributed by atoms with Crippen LogP contribution in [0.15, 0.2) is 36.4 Å². The van der Waals surface area contributed by atoms with Crippen LogP contribution in [-0.2, 0) is 6.42 Å². The van der Waals surface area contributed by atoms with Gasteiger partial charge in [-0.15, -0.1) is 25.5 Å². The number of benzene rings is 1. The van der Waals surface area contributed by atoms with Gasteiger partial charge in [0.2, 0.25) is 5.13 Å². The second-order valence-corrected chi connectivity index (χ2v) is 6.38. The Labute approximate surface area is 140 Å². The molecule has 24 heavy (non-hydrogen) atoms. The van der Waals surface area contributed by atoms with Gasteiger partial charge in [0.15, 0.2) is 17.3 Å². The van der Waals surface area contributed by atoms with Gasteiger partial charge in [-0.3, -0.25) is 0 Å². The number of aromatic nitrogens is 6. The number of aromatic hydroxyl groups is 1. The van der Waals surface area contributed by atoms with Crippen molar-refractivity contribution in [1.29, 1.82) is 0 Å². The Kier molecular flexibility index (Phi) is 3.54. The van der Waals surface area contributed by atoms with Gasteiger partial charge in [-0.25, -0.2) is 0 Å². The predicted molar refractivity (Wildman–Crippen MR) is 89.6 cm³/mol.